The summed E-state index contributed by atoms with van der Waals surface area (Å²) in [4.78, 5) is 7.26. The topological polar surface area (TPSA) is 16.1 Å². The number of fused-ring (bicyclic) bond motifs is 3. The molecule has 1 aromatic heterocycles. The van der Waals surface area contributed by atoms with Crippen molar-refractivity contribution >= 4 is 37.5 Å². The van der Waals surface area contributed by atoms with Gasteiger partial charge in [-0.3, -0.25) is 0 Å². The molecular formula is C17H20N2S. The molecule has 0 unspecified atom stereocenters. The summed E-state index contributed by atoms with van der Waals surface area (Å²) in [6.07, 6.45) is 2.33. The Labute approximate surface area is 124 Å². The molecule has 0 aliphatic rings. The molecule has 1 heterocycles. The second-order valence-corrected chi connectivity index (χ2v) is 6.10. The standard InChI is InChI=1S/C17H20N2S/c1-3-11-19(12-4-2)17-18-15-10-9-13-7-5-6-8-14(13)16(15)20-17/h5-10H,3-4,11-12H2,1-2H3. The lowest BCUT2D eigenvalue weighted by Gasteiger charge is -2.19. The van der Waals surface area contributed by atoms with Crippen molar-refractivity contribution in [2.24, 2.45) is 0 Å². The van der Waals surface area contributed by atoms with E-state index in [1.165, 1.54) is 20.6 Å². The normalized spacial score (nSPS) is 11.3. The van der Waals surface area contributed by atoms with Crippen LogP contribution in [0.4, 0.5) is 5.13 Å². The van der Waals surface area contributed by atoms with Crippen LogP contribution in [-0.4, -0.2) is 18.1 Å². The maximum absolute atomic E-state index is 4.84. The Morgan fingerprint density at radius 3 is 2.50 bits per heavy atom. The van der Waals surface area contributed by atoms with Crippen molar-refractivity contribution in [3.05, 3.63) is 36.4 Å². The summed E-state index contributed by atoms with van der Waals surface area (Å²) in [6.45, 7) is 6.63. The Balaban J connectivity index is 2.11. The molecule has 0 saturated carbocycles. The molecule has 0 amide bonds. The number of aromatic nitrogens is 1. The summed E-state index contributed by atoms with van der Waals surface area (Å²) in [6, 6.07) is 12.9. The summed E-state index contributed by atoms with van der Waals surface area (Å²) in [7, 11) is 0. The molecule has 3 rings (SSSR count). The van der Waals surface area contributed by atoms with Gasteiger partial charge in [-0.15, -0.1) is 0 Å². The van der Waals surface area contributed by atoms with Gasteiger partial charge in [0.05, 0.1) is 10.2 Å². The number of hydrogen-bond acceptors (Lipinski definition) is 3. The molecule has 0 atom stereocenters. The first-order valence-electron chi connectivity index (χ1n) is 7.36. The minimum absolute atomic E-state index is 1.09. The SMILES string of the molecule is CCCN(CCC)c1nc2ccc3ccccc3c2s1. The highest BCUT2D eigenvalue weighted by Crippen LogP contribution is 2.34. The second kappa shape index (κ2) is 5.80. The van der Waals surface area contributed by atoms with Gasteiger partial charge in [0, 0.05) is 18.5 Å². The van der Waals surface area contributed by atoms with Crippen molar-refractivity contribution in [1.82, 2.24) is 4.98 Å². The summed E-state index contributed by atoms with van der Waals surface area (Å²) < 4.78 is 1.32. The minimum atomic E-state index is 1.09. The zero-order chi connectivity index (χ0) is 13.9. The molecule has 20 heavy (non-hydrogen) atoms. The lowest BCUT2D eigenvalue weighted by atomic mass is 10.1. The van der Waals surface area contributed by atoms with Gasteiger partial charge in [0.15, 0.2) is 5.13 Å². The van der Waals surface area contributed by atoms with Crippen LogP contribution in [0.2, 0.25) is 0 Å². The quantitative estimate of drug-likeness (QED) is 0.650. The largest absolute Gasteiger partial charge is 0.348 e. The van der Waals surface area contributed by atoms with Gasteiger partial charge in [0.1, 0.15) is 0 Å². The van der Waals surface area contributed by atoms with E-state index in [1.54, 1.807) is 0 Å². The van der Waals surface area contributed by atoms with Crippen LogP contribution in [0.5, 0.6) is 0 Å². The van der Waals surface area contributed by atoms with Crippen molar-refractivity contribution in [3.63, 3.8) is 0 Å². The predicted octanol–water partition coefficient (Wildman–Crippen LogP) is 5.08. The number of nitrogens with zero attached hydrogens (tertiary/aromatic N) is 2. The van der Waals surface area contributed by atoms with Crippen LogP contribution in [0.15, 0.2) is 36.4 Å². The Bertz CT molecular complexity index is 711. The van der Waals surface area contributed by atoms with Crippen LogP contribution < -0.4 is 4.90 Å². The van der Waals surface area contributed by atoms with Gasteiger partial charge in [-0.1, -0.05) is 55.5 Å². The molecule has 0 aliphatic heterocycles. The van der Waals surface area contributed by atoms with E-state index in [0.29, 0.717) is 0 Å². The highest BCUT2D eigenvalue weighted by molar-refractivity contribution is 7.23. The molecule has 2 nitrogen and oxygen atoms in total. The average molecular weight is 284 g/mol. The first kappa shape index (κ1) is 13.4. The summed E-state index contributed by atoms with van der Waals surface area (Å²) in [5.74, 6) is 0. The molecule has 104 valence electrons. The second-order valence-electron chi connectivity index (χ2n) is 5.12. The van der Waals surface area contributed by atoms with E-state index < -0.39 is 0 Å². The van der Waals surface area contributed by atoms with Crippen LogP contribution in [-0.2, 0) is 0 Å². The molecule has 0 bridgehead atoms. The van der Waals surface area contributed by atoms with Crippen molar-refractivity contribution in [2.45, 2.75) is 26.7 Å². The van der Waals surface area contributed by atoms with E-state index in [1.807, 2.05) is 11.3 Å². The first-order chi connectivity index (χ1) is 9.83. The highest BCUT2D eigenvalue weighted by Gasteiger charge is 2.12. The monoisotopic (exact) mass is 284 g/mol. The molecule has 0 N–H and O–H groups in total. The van der Waals surface area contributed by atoms with E-state index in [-0.39, 0.29) is 0 Å². The molecule has 0 saturated heterocycles. The molecule has 0 spiro atoms. The molecule has 0 radical (unpaired) electrons. The van der Waals surface area contributed by atoms with Crippen molar-refractivity contribution in [3.8, 4) is 0 Å². The minimum Gasteiger partial charge on any atom is -0.348 e. The molecule has 2 aromatic carbocycles. The van der Waals surface area contributed by atoms with E-state index in [2.05, 4.69) is 55.1 Å². The molecular weight excluding hydrogens is 264 g/mol. The van der Waals surface area contributed by atoms with Crippen LogP contribution in [0.25, 0.3) is 21.0 Å². The highest BCUT2D eigenvalue weighted by atomic mass is 32.1. The summed E-state index contributed by atoms with van der Waals surface area (Å²) in [5, 5.41) is 3.79. The average Bonchev–Trinajstić information content (AvgIpc) is 2.91. The van der Waals surface area contributed by atoms with Gasteiger partial charge in [-0.2, -0.15) is 0 Å². The van der Waals surface area contributed by atoms with E-state index in [9.17, 15) is 0 Å². The third kappa shape index (κ3) is 2.38. The van der Waals surface area contributed by atoms with Gasteiger partial charge < -0.3 is 4.90 Å². The van der Waals surface area contributed by atoms with E-state index in [4.69, 9.17) is 4.98 Å². The van der Waals surface area contributed by atoms with E-state index >= 15 is 0 Å². The number of anilines is 1. The molecule has 0 aliphatic carbocycles. The fourth-order valence-corrected chi connectivity index (χ4v) is 3.77. The Kier molecular flexibility index (Phi) is 3.88. The number of benzene rings is 2. The number of rotatable bonds is 5. The van der Waals surface area contributed by atoms with Crippen LogP contribution in [0.3, 0.4) is 0 Å². The first-order valence-corrected chi connectivity index (χ1v) is 8.18. The Hall–Kier alpha value is -1.61. The Morgan fingerprint density at radius 1 is 1.00 bits per heavy atom. The fourth-order valence-electron chi connectivity index (χ4n) is 2.62. The van der Waals surface area contributed by atoms with Gasteiger partial charge in [-0.05, 0) is 24.3 Å². The van der Waals surface area contributed by atoms with Crippen LogP contribution >= 0.6 is 11.3 Å². The summed E-state index contributed by atoms with van der Waals surface area (Å²) in [5.41, 5.74) is 1.13. The van der Waals surface area contributed by atoms with Crippen molar-refractivity contribution in [1.29, 1.82) is 0 Å². The van der Waals surface area contributed by atoms with Crippen molar-refractivity contribution in [2.75, 3.05) is 18.0 Å². The maximum atomic E-state index is 4.84. The van der Waals surface area contributed by atoms with Gasteiger partial charge in [-0.25, -0.2) is 4.98 Å². The van der Waals surface area contributed by atoms with Gasteiger partial charge in [0.25, 0.3) is 0 Å². The van der Waals surface area contributed by atoms with Crippen molar-refractivity contribution < 1.29 is 0 Å². The van der Waals surface area contributed by atoms with E-state index in [0.717, 1.165) is 31.4 Å². The maximum Gasteiger partial charge on any atom is 0.186 e. The third-order valence-corrected chi connectivity index (χ3v) is 4.69. The molecule has 0 fully saturated rings. The molecule has 3 heteroatoms. The number of thiazole rings is 1. The fraction of sp³-hybridized carbons (Fsp3) is 0.353. The van der Waals surface area contributed by atoms with Gasteiger partial charge in [0.2, 0.25) is 0 Å². The Morgan fingerprint density at radius 2 is 1.75 bits per heavy atom. The summed E-state index contributed by atoms with van der Waals surface area (Å²) >= 11 is 1.83. The number of hydrogen-bond donors (Lipinski definition) is 0. The van der Waals surface area contributed by atoms with Gasteiger partial charge >= 0.3 is 0 Å². The van der Waals surface area contributed by atoms with Crippen LogP contribution in [0.1, 0.15) is 26.7 Å². The lowest BCUT2D eigenvalue weighted by molar-refractivity contribution is 0.743. The third-order valence-electron chi connectivity index (χ3n) is 3.53. The van der Waals surface area contributed by atoms with Crippen LogP contribution in [0, 0.1) is 0 Å². The smallest absolute Gasteiger partial charge is 0.186 e. The zero-order valence-electron chi connectivity index (χ0n) is 12.1. The zero-order valence-corrected chi connectivity index (χ0v) is 12.9. The molecule has 3 aromatic rings. The lowest BCUT2D eigenvalue weighted by Crippen LogP contribution is -2.24. The predicted molar refractivity (Wildman–Crippen MR) is 89.9 cm³/mol.